The second-order valence-corrected chi connectivity index (χ2v) is 2.84. The first-order valence-electron chi connectivity index (χ1n) is 4.08. The van der Waals surface area contributed by atoms with Gasteiger partial charge in [0.15, 0.2) is 0 Å². The van der Waals surface area contributed by atoms with Crippen LogP contribution in [0.1, 0.15) is 34.1 Å². The van der Waals surface area contributed by atoms with Gasteiger partial charge in [-0.05, 0) is 13.3 Å². The summed E-state index contributed by atoms with van der Waals surface area (Å²) in [6.07, 6.45) is 3.35. The maximum absolute atomic E-state index is 3.38. The molecule has 0 aromatic rings. The van der Waals surface area contributed by atoms with Crippen molar-refractivity contribution in [1.82, 2.24) is 5.32 Å². The molecule has 10 heavy (non-hydrogen) atoms. The van der Waals surface area contributed by atoms with Crippen LogP contribution in [0.5, 0.6) is 0 Å². The van der Waals surface area contributed by atoms with Crippen LogP contribution in [0.3, 0.4) is 0 Å². The molecule has 0 atom stereocenters. The van der Waals surface area contributed by atoms with Crippen LogP contribution in [0.25, 0.3) is 0 Å². The van der Waals surface area contributed by atoms with Crippen molar-refractivity contribution in [3.05, 3.63) is 11.6 Å². The average Bonchev–Trinajstić information content (AvgIpc) is 1.90. The van der Waals surface area contributed by atoms with E-state index in [9.17, 15) is 0 Å². The lowest BCUT2D eigenvalue weighted by molar-refractivity contribution is 0.615. The highest BCUT2D eigenvalue weighted by atomic mass is 14.9. The fraction of sp³-hybridized carbons (Fsp3) is 0.778. The second-order valence-electron chi connectivity index (χ2n) is 2.84. The zero-order valence-electron chi connectivity index (χ0n) is 7.57. The Kier molecular flexibility index (Phi) is 5.32. The van der Waals surface area contributed by atoms with Crippen molar-refractivity contribution in [2.75, 3.05) is 6.54 Å². The van der Waals surface area contributed by atoms with Crippen molar-refractivity contribution in [2.45, 2.75) is 40.2 Å². The van der Waals surface area contributed by atoms with Gasteiger partial charge in [0.05, 0.1) is 0 Å². The summed E-state index contributed by atoms with van der Waals surface area (Å²) in [5, 5.41) is 3.38. The van der Waals surface area contributed by atoms with Gasteiger partial charge < -0.3 is 5.32 Å². The topological polar surface area (TPSA) is 12.0 Å². The zero-order chi connectivity index (χ0) is 7.98. The Morgan fingerprint density at radius 2 is 2.10 bits per heavy atom. The van der Waals surface area contributed by atoms with Gasteiger partial charge in [-0.15, -0.1) is 0 Å². The maximum Gasteiger partial charge on any atom is 0.0166 e. The number of hydrogen-bond donors (Lipinski definition) is 1. The van der Waals surface area contributed by atoms with Crippen molar-refractivity contribution in [1.29, 1.82) is 0 Å². The smallest absolute Gasteiger partial charge is 0.0166 e. The molecule has 1 heteroatoms. The molecule has 0 rings (SSSR count). The van der Waals surface area contributed by atoms with E-state index in [2.05, 4.69) is 39.1 Å². The minimum absolute atomic E-state index is 0.599. The molecule has 0 aliphatic rings. The third-order valence-corrected chi connectivity index (χ3v) is 1.60. The summed E-state index contributed by atoms with van der Waals surface area (Å²) in [6, 6.07) is 0.599. The Morgan fingerprint density at radius 1 is 1.50 bits per heavy atom. The fourth-order valence-electron chi connectivity index (χ4n) is 0.766. The Labute approximate surface area is 64.5 Å². The van der Waals surface area contributed by atoms with Gasteiger partial charge in [0.1, 0.15) is 0 Å². The maximum atomic E-state index is 3.38. The largest absolute Gasteiger partial charge is 0.311 e. The highest BCUT2D eigenvalue weighted by molar-refractivity contribution is 5.01. The van der Waals surface area contributed by atoms with E-state index < -0.39 is 0 Å². The summed E-state index contributed by atoms with van der Waals surface area (Å²) in [6.45, 7) is 9.68. The second kappa shape index (κ2) is 5.48. The first-order chi connectivity index (χ1) is 4.70. The molecule has 0 bridgehead atoms. The van der Waals surface area contributed by atoms with E-state index in [1.54, 1.807) is 0 Å². The average molecular weight is 141 g/mol. The molecule has 0 saturated carbocycles. The molecule has 0 aliphatic heterocycles. The highest BCUT2D eigenvalue weighted by Crippen LogP contribution is 1.97. The molecular weight excluding hydrogens is 122 g/mol. The molecule has 0 spiro atoms. The van der Waals surface area contributed by atoms with Crippen molar-refractivity contribution < 1.29 is 0 Å². The van der Waals surface area contributed by atoms with Crippen molar-refractivity contribution in [3.63, 3.8) is 0 Å². The molecular formula is C9H19N. The molecule has 0 radical (unpaired) electrons. The van der Waals surface area contributed by atoms with E-state index in [1.807, 2.05) is 0 Å². The van der Waals surface area contributed by atoms with Gasteiger partial charge in [-0.25, -0.2) is 0 Å². The third kappa shape index (κ3) is 4.57. The SMILES string of the molecule is C/C=C(/CC)CNC(C)C. The minimum atomic E-state index is 0.599. The molecule has 0 aromatic carbocycles. The van der Waals surface area contributed by atoms with Crippen LogP contribution in [-0.4, -0.2) is 12.6 Å². The summed E-state index contributed by atoms with van der Waals surface area (Å²) in [5.41, 5.74) is 1.49. The van der Waals surface area contributed by atoms with Crippen molar-refractivity contribution >= 4 is 0 Å². The van der Waals surface area contributed by atoms with E-state index in [4.69, 9.17) is 0 Å². The van der Waals surface area contributed by atoms with E-state index in [0.717, 1.165) is 13.0 Å². The fourth-order valence-corrected chi connectivity index (χ4v) is 0.766. The quantitative estimate of drug-likeness (QED) is 0.592. The summed E-state index contributed by atoms with van der Waals surface area (Å²) >= 11 is 0. The molecule has 1 nitrogen and oxygen atoms in total. The number of rotatable bonds is 4. The summed E-state index contributed by atoms with van der Waals surface area (Å²) in [7, 11) is 0. The lowest BCUT2D eigenvalue weighted by Crippen LogP contribution is -2.24. The Hall–Kier alpha value is -0.300. The Morgan fingerprint density at radius 3 is 2.40 bits per heavy atom. The molecule has 0 aliphatic carbocycles. The monoisotopic (exact) mass is 141 g/mol. The zero-order valence-corrected chi connectivity index (χ0v) is 7.57. The van der Waals surface area contributed by atoms with Gasteiger partial charge in [-0.2, -0.15) is 0 Å². The van der Waals surface area contributed by atoms with Gasteiger partial charge in [-0.3, -0.25) is 0 Å². The minimum Gasteiger partial charge on any atom is -0.311 e. The molecule has 0 heterocycles. The molecule has 0 unspecified atom stereocenters. The number of allylic oxidation sites excluding steroid dienone is 1. The molecule has 1 N–H and O–H groups in total. The predicted molar refractivity (Wildman–Crippen MR) is 47.2 cm³/mol. The third-order valence-electron chi connectivity index (χ3n) is 1.60. The number of nitrogens with one attached hydrogen (secondary N) is 1. The standard InChI is InChI=1S/C9H19N/c1-5-9(6-2)7-10-8(3)4/h5,8,10H,6-7H2,1-4H3/b9-5-. The molecule has 0 fully saturated rings. The molecule has 0 saturated heterocycles. The van der Waals surface area contributed by atoms with Gasteiger partial charge in [0.2, 0.25) is 0 Å². The Bertz CT molecular complexity index is 103. The van der Waals surface area contributed by atoms with Crippen LogP contribution >= 0.6 is 0 Å². The summed E-state index contributed by atoms with van der Waals surface area (Å²) in [5.74, 6) is 0. The first kappa shape index (κ1) is 9.70. The molecule has 0 amide bonds. The van der Waals surface area contributed by atoms with Gasteiger partial charge in [0, 0.05) is 12.6 Å². The molecule has 60 valence electrons. The van der Waals surface area contributed by atoms with E-state index in [-0.39, 0.29) is 0 Å². The lowest BCUT2D eigenvalue weighted by atomic mass is 10.2. The lowest BCUT2D eigenvalue weighted by Gasteiger charge is -2.08. The van der Waals surface area contributed by atoms with Gasteiger partial charge in [-0.1, -0.05) is 32.4 Å². The van der Waals surface area contributed by atoms with Gasteiger partial charge in [0.25, 0.3) is 0 Å². The predicted octanol–water partition coefficient (Wildman–Crippen LogP) is 2.34. The van der Waals surface area contributed by atoms with Crippen LogP contribution in [0.2, 0.25) is 0 Å². The van der Waals surface area contributed by atoms with E-state index >= 15 is 0 Å². The normalized spacial score (nSPS) is 12.7. The van der Waals surface area contributed by atoms with E-state index in [0.29, 0.717) is 6.04 Å². The van der Waals surface area contributed by atoms with Crippen LogP contribution < -0.4 is 5.32 Å². The summed E-state index contributed by atoms with van der Waals surface area (Å²) < 4.78 is 0. The molecule has 0 aromatic heterocycles. The van der Waals surface area contributed by atoms with Crippen molar-refractivity contribution in [3.8, 4) is 0 Å². The van der Waals surface area contributed by atoms with Crippen LogP contribution in [-0.2, 0) is 0 Å². The van der Waals surface area contributed by atoms with Gasteiger partial charge >= 0.3 is 0 Å². The van der Waals surface area contributed by atoms with Crippen LogP contribution in [0, 0.1) is 0 Å². The first-order valence-corrected chi connectivity index (χ1v) is 4.08. The van der Waals surface area contributed by atoms with Crippen molar-refractivity contribution in [2.24, 2.45) is 0 Å². The van der Waals surface area contributed by atoms with Crippen LogP contribution in [0.4, 0.5) is 0 Å². The Balaban J connectivity index is 3.46. The summed E-state index contributed by atoms with van der Waals surface area (Å²) in [4.78, 5) is 0. The van der Waals surface area contributed by atoms with E-state index in [1.165, 1.54) is 5.57 Å². The number of hydrogen-bond acceptors (Lipinski definition) is 1. The van der Waals surface area contributed by atoms with Crippen LogP contribution in [0.15, 0.2) is 11.6 Å². The highest BCUT2D eigenvalue weighted by Gasteiger charge is 1.93.